The Morgan fingerprint density at radius 3 is 2.50 bits per heavy atom. The van der Waals surface area contributed by atoms with Crippen LogP contribution in [0, 0.1) is 0 Å². The van der Waals surface area contributed by atoms with Crippen molar-refractivity contribution in [2.45, 2.75) is 47.6 Å². The number of aryl methyl sites for hydroxylation is 1. The predicted molar refractivity (Wildman–Crippen MR) is 113 cm³/mol. The summed E-state index contributed by atoms with van der Waals surface area (Å²) in [6.07, 6.45) is 5.90. The van der Waals surface area contributed by atoms with Crippen LogP contribution < -0.4 is 5.32 Å². The molecule has 1 aromatic carbocycles. The van der Waals surface area contributed by atoms with Crippen molar-refractivity contribution in [2.75, 3.05) is 0 Å². The second-order valence-corrected chi connectivity index (χ2v) is 5.51. The summed E-state index contributed by atoms with van der Waals surface area (Å²) in [5, 5.41) is 5.19. The molecule has 0 aliphatic heterocycles. The Morgan fingerprint density at radius 1 is 1.15 bits per heavy atom. The zero-order valence-corrected chi connectivity index (χ0v) is 17.1. The van der Waals surface area contributed by atoms with E-state index in [0.29, 0.717) is 6.54 Å². The van der Waals surface area contributed by atoms with E-state index in [-0.39, 0.29) is 0 Å². The van der Waals surface area contributed by atoms with Crippen LogP contribution in [0.3, 0.4) is 0 Å². The van der Waals surface area contributed by atoms with Crippen molar-refractivity contribution in [2.24, 2.45) is 0 Å². The maximum absolute atomic E-state index is 6.26. The molecule has 2 aromatic heterocycles. The summed E-state index contributed by atoms with van der Waals surface area (Å²) in [5.41, 5.74) is 4.82. The first-order valence-corrected chi connectivity index (χ1v) is 9.54. The molecular weight excluding hydrogens is 344 g/mol. The van der Waals surface area contributed by atoms with Gasteiger partial charge in [0.1, 0.15) is 5.69 Å². The average Bonchev–Trinajstić information content (AvgIpc) is 3.10. The molecule has 0 unspecified atom stereocenters. The number of fused-ring (bicyclic) bond motifs is 1. The zero-order chi connectivity index (χ0) is 19.5. The van der Waals surface area contributed by atoms with Crippen molar-refractivity contribution >= 4 is 28.2 Å². The van der Waals surface area contributed by atoms with Crippen LogP contribution >= 0.6 is 11.6 Å². The second kappa shape index (κ2) is 11.3. The molecule has 0 atom stereocenters. The van der Waals surface area contributed by atoms with E-state index in [1.807, 2.05) is 33.8 Å². The van der Waals surface area contributed by atoms with Crippen molar-refractivity contribution in [3.8, 4) is 0 Å². The predicted octanol–water partition coefficient (Wildman–Crippen LogP) is 5.99. The van der Waals surface area contributed by atoms with Gasteiger partial charge in [-0.1, -0.05) is 52.8 Å². The first-order valence-electron chi connectivity index (χ1n) is 9.16. The van der Waals surface area contributed by atoms with Crippen molar-refractivity contribution < 1.29 is 0 Å². The number of nitrogens with zero attached hydrogens (tertiary/aromatic N) is 2. The molecule has 2 N–H and O–H groups in total. The molecule has 0 bridgehead atoms. The number of halogens is 1. The quantitative estimate of drug-likeness (QED) is 0.578. The Hall–Kier alpha value is -2.33. The molecule has 0 saturated heterocycles. The number of benzene rings is 1. The van der Waals surface area contributed by atoms with Gasteiger partial charge in [-0.3, -0.25) is 9.97 Å². The molecule has 140 valence electrons. The molecule has 0 radical (unpaired) electrons. The highest BCUT2D eigenvalue weighted by atomic mass is 35.5. The van der Waals surface area contributed by atoms with E-state index in [9.17, 15) is 0 Å². The van der Waals surface area contributed by atoms with E-state index in [1.165, 1.54) is 0 Å². The van der Waals surface area contributed by atoms with E-state index in [0.717, 1.165) is 45.0 Å². The minimum Gasteiger partial charge on any atom is -0.378 e. The first kappa shape index (κ1) is 21.7. The first-order chi connectivity index (χ1) is 12.7. The Labute approximate surface area is 161 Å². The Morgan fingerprint density at radius 2 is 1.88 bits per heavy atom. The highest BCUT2D eigenvalue weighted by Gasteiger charge is 2.06. The van der Waals surface area contributed by atoms with E-state index in [4.69, 9.17) is 11.6 Å². The molecule has 0 aliphatic rings. The van der Waals surface area contributed by atoms with Gasteiger partial charge >= 0.3 is 0 Å². The molecule has 5 heteroatoms. The molecule has 3 aromatic rings. The number of H-pyrrole nitrogens is 1. The lowest BCUT2D eigenvalue weighted by atomic mass is 10.1. The van der Waals surface area contributed by atoms with E-state index in [1.54, 1.807) is 18.6 Å². The molecular formula is C21H29ClN4. The van der Waals surface area contributed by atoms with E-state index in [2.05, 4.69) is 45.9 Å². The van der Waals surface area contributed by atoms with Gasteiger partial charge in [0.05, 0.1) is 18.4 Å². The number of nitrogens with one attached hydrogen (secondary N) is 2. The van der Waals surface area contributed by atoms with Crippen LogP contribution in [0.1, 0.15) is 51.6 Å². The van der Waals surface area contributed by atoms with Crippen LogP contribution in [0.15, 0.2) is 43.4 Å². The van der Waals surface area contributed by atoms with Gasteiger partial charge in [0.15, 0.2) is 0 Å². The summed E-state index contributed by atoms with van der Waals surface area (Å²) in [5.74, 6) is 0. The molecule has 0 spiro atoms. The van der Waals surface area contributed by atoms with Crippen LogP contribution in [0.4, 0.5) is 0 Å². The zero-order valence-electron chi connectivity index (χ0n) is 16.4. The van der Waals surface area contributed by atoms with Gasteiger partial charge in [-0.15, -0.1) is 0 Å². The monoisotopic (exact) mass is 372 g/mol. The summed E-state index contributed by atoms with van der Waals surface area (Å²) in [6.45, 7) is 14.7. The molecule has 4 nitrogen and oxygen atoms in total. The minimum absolute atomic E-state index is 0.642. The third-order valence-electron chi connectivity index (χ3n) is 3.59. The average molecular weight is 373 g/mol. The normalized spacial score (nSPS) is 9.62. The molecule has 0 fully saturated rings. The Balaban J connectivity index is 0.000000791. The van der Waals surface area contributed by atoms with Gasteiger partial charge in [0.2, 0.25) is 0 Å². The number of hydrogen-bond acceptors (Lipinski definition) is 3. The van der Waals surface area contributed by atoms with Crippen molar-refractivity contribution in [1.29, 1.82) is 0 Å². The topological polar surface area (TPSA) is 53.6 Å². The maximum atomic E-state index is 6.26. The van der Waals surface area contributed by atoms with Gasteiger partial charge in [0, 0.05) is 34.0 Å². The number of aromatic nitrogens is 3. The SMILES string of the molecule is C=C(NCc1cc2cc(Cl)c(CC)cc2[nH]1)c1cnccn1.CC.CC. The summed E-state index contributed by atoms with van der Waals surface area (Å²) in [7, 11) is 0. The lowest BCUT2D eigenvalue weighted by molar-refractivity contribution is 0.859. The van der Waals surface area contributed by atoms with Gasteiger partial charge in [-0.25, -0.2) is 0 Å². The van der Waals surface area contributed by atoms with E-state index < -0.39 is 0 Å². The Kier molecular flexibility index (Phi) is 9.45. The van der Waals surface area contributed by atoms with Crippen LogP contribution in [0.25, 0.3) is 16.6 Å². The maximum Gasteiger partial charge on any atom is 0.104 e. The fourth-order valence-electron chi connectivity index (χ4n) is 2.37. The Bertz CT molecular complexity index is 809. The minimum atomic E-state index is 0.642. The highest BCUT2D eigenvalue weighted by molar-refractivity contribution is 6.32. The van der Waals surface area contributed by atoms with Crippen molar-refractivity contribution in [3.63, 3.8) is 0 Å². The van der Waals surface area contributed by atoms with Gasteiger partial charge in [-0.2, -0.15) is 0 Å². The van der Waals surface area contributed by atoms with Crippen molar-refractivity contribution in [3.05, 3.63) is 65.3 Å². The second-order valence-electron chi connectivity index (χ2n) is 5.10. The van der Waals surface area contributed by atoms with E-state index >= 15 is 0 Å². The number of rotatable bonds is 5. The lowest BCUT2D eigenvalue weighted by Crippen LogP contribution is -2.12. The number of hydrogen-bond donors (Lipinski definition) is 2. The molecule has 0 amide bonds. The van der Waals surface area contributed by atoms with Gasteiger partial charge in [0.25, 0.3) is 0 Å². The largest absolute Gasteiger partial charge is 0.378 e. The van der Waals surface area contributed by atoms with Crippen LogP contribution in [0.5, 0.6) is 0 Å². The fourth-order valence-corrected chi connectivity index (χ4v) is 2.68. The molecule has 2 heterocycles. The smallest absolute Gasteiger partial charge is 0.104 e. The standard InChI is InChI=1S/C17H17ClN4.2C2H6/c1-3-12-8-16-13(7-15(12)18)6-14(22-16)9-21-11(2)17-10-19-4-5-20-17;2*1-2/h4-8,10,21-22H,2-3,9H2,1H3;2*1-2H3. The van der Waals surface area contributed by atoms with Gasteiger partial charge in [-0.05, 0) is 30.2 Å². The molecule has 0 aliphatic carbocycles. The van der Waals surface area contributed by atoms with Gasteiger partial charge < -0.3 is 10.3 Å². The molecule has 26 heavy (non-hydrogen) atoms. The van der Waals surface area contributed by atoms with Crippen LogP contribution in [-0.2, 0) is 13.0 Å². The van der Waals surface area contributed by atoms with Crippen molar-refractivity contribution in [1.82, 2.24) is 20.3 Å². The third-order valence-corrected chi connectivity index (χ3v) is 3.94. The molecule has 0 saturated carbocycles. The summed E-state index contributed by atoms with van der Waals surface area (Å²) < 4.78 is 0. The molecule has 3 rings (SSSR count). The highest BCUT2D eigenvalue weighted by Crippen LogP contribution is 2.25. The summed E-state index contributed by atoms with van der Waals surface area (Å²) in [4.78, 5) is 11.7. The summed E-state index contributed by atoms with van der Waals surface area (Å²) in [6, 6.07) is 6.21. The summed E-state index contributed by atoms with van der Waals surface area (Å²) >= 11 is 6.26. The lowest BCUT2D eigenvalue weighted by Gasteiger charge is -2.07. The van der Waals surface area contributed by atoms with Crippen LogP contribution in [0.2, 0.25) is 5.02 Å². The van der Waals surface area contributed by atoms with Crippen LogP contribution in [-0.4, -0.2) is 15.0 Å². The number of aromatic amines is 1. The fraction of sp³-hybridized carbons (Fsp3) is 0.333. The third kappa shape index (κ3) is 5.60.